The zero-order chi connectivity index (χ0) is 11.4. The Balaban J connectivity index is 4.46. The van der Waals surface area contributed by atoms with Crippen LogP contribution in [0.25, 0.3) is 0 Å². The molecule has 0 saturated carbocycles. The van der Waals surface area contributed by atoms with E-state index in [2.05, 4.69) is 0 Å². The van der Waals surface area contributed by atoms with Crippen LogP contribution in [-0.2, 0) is 4.79 Å². The van der Waals surface area contributed by atoms with E-state index in [1.165, 1.54) is 0 Å². The summed E-state index contributed by atoms with van der Waals surface area (Å²) in [5.41, 5.74) is -1.01. The van der Waals surface area contributed by atoms with Gasteiger partial charge in [-0.25, -0.2) is 0 Å². The molecular formula is C9H17NO3S. The summed E-state index contributed by atoms with van der Waals surface area (Å²) >= 11 is 1.15. The van der Waals surface area contributed by atoms with Gasteiger partial charge in [-0.1, -0.05) is 18.7 Å². The van der Waals surface area contributed by atoms with Gasteiger partial charge in [-0.15, -0.1) is 0 Å². The monoisotopic (exact) mass is 219 g/mol. The molecule has 0 radical (unpaired) electrons. The largest absolute Gasteiger partial charge is 0.287 e. The van der Waals surface area contributed by atoms with Crippen molar-refractivity contribution in [2.45, 2.75) is 39.2 Å². The van der Waals surface area contributed by atoms with Crippen molar-refractivity contribution >= 4 is 16.9 Å². The zero-order valence-corrected chi connectivity index (χ0v) is 9.89. The van der Waals surface area contributed by atoms with E-state index in [-0.39, 0.29) is 16.0 Å². The quantitative estimate of drug-likeness (QED) is 0.526. The highest BCUT2D eigenvalue weighted by atomic mass is 32.2. The number of nitrogens with zero attached hydrogens (tertiary/aromatic N) is 1. The minimum Gasteiger partial charge on any atom is -0.287 e. The van der Waals surface area contributed by atoms with Gasteiger partial charge < -0.3 is 0 Å². The summed E-state index contributed by atoms with van der Waals surface area (Å²) in [5, 5.41) is 10.7. The van der Waals surface area contributed by atoms with Crippen molar-refractivity contribution in [3.8, 4) is 0 Å². The van der Waals surface area contributed by atoms with Crippen molar-refractivity contribution in [1.82, 2.24) is 0 Å². The summed E-state index contributed by atoms with van der Waals surface area (Å²) in [6.45, 7) is 5.00. The number of nitro groups is 1. The average Bonchev–Trinajstić information content (AvgIpc) is 2.12. The average molecular weight is 219 g/mol. The van der Waals surface area contributed by atoms with Gasteiger partial charge in [0, 0.05) is 31.1 Å². The summed E-state index contributed by atoms with van der Waals surface area (Å²) in [4.78, 5) is 21.7. The molecule has 4 nitrogen and oxygen atoms in total. The Morgan fingerprint density at radius 2 is 2.07 bits per heavy atom. The lowest BCUT2D eigenvalue weighted by atomic mass is 9.90. The van der Waals surface area contributed by atoms with Crippen molar-refractivity contribution in [3.63, 3.8) is 0 Å². The van der Waals surface area contributed by atoms with Gasteiger partial charge in [0.2, 0.25) is 5.54 Å². The molecule has 0 aromatic carbocycles. The molecule has 0 aliphatic rings. The number of rotatable bonds is 5. The van der Waals surface area contributed by atoms with E-state index in [0.717, 1.165) is 11.8 Å². The Kier molecular flexibility index (Phi) is 5.12. The molecule has 0 aromatic heterocycles. The minimum absolute atomic E-state index is 0.0439. The lowest BCUT2D eigenvalue weighted by Crippen LogP contribution is -2.34. The molecule has 14 heavy (non-hydrogen) atoms. The molecular weight excluding hydrogens is 202 g/mol. The summed E-state index contributed by atoms with van der Waals surface area (Å²) in [5.74, 6) is -0.203. The molecule has 1 unspecified atom stereocenters. The van der Waals surface area contributed by atoms with Crippen LogP contribution in [0.1, 0.15) is 33.6 Å². The third-order valence-electron chi connectivity index (χ3n) is 2.27. The fourth-order valence-electron chi connectivity index (χ4n) is 1.24. The first-order valence-electron chi connectivity index (χ1n) is 4.57. The van der Waals surface area contributed by atoms with Crippen LogP contribution in [0, 0.1) is 16.0 Å². The van der Waals surface area contributed by atoms with Crippen LogP contribution in [0.3, 0.4) is 0 Å². The molecule has 0 amide bonds. The van der Waals surface area contributed by atoms with Crippen molar-refractivity contribution in [1.29, 1.82) is 0 Å². The van der Waals surface area contributed by atoms with Crippen LogP contribution in [0.5, 0.6) is 0 Å². The SMILES string of the molecule is CCC(CC(C)(C)[N+](=O)[O-])C(=O)SC. The molecule has 82 valence electrons. The van der Waals surface area contributed by atoms with Gasteiger partial charge in [-0.2, -0.15) is 0 Å². The highest BCUT2D eigenvalue weighted by molar-refractivity contribution is 8.13. The third kappa shape index (κ3) is 3.65. The predicted octanol–water partition coefficient (Wildman–Crippen LogP) is 2.35. The van der Waals surface area contributed by atoms with E-state index in [9.17, 15) is 14.9 Å². The second-order valence-corrected chi connectivity index (χ2v) is 4.71. The number of hydrogen-bond acceptors (Lipinski definition) is 4. The van der Waals surface area contributed by atoms with Crippen molar-refractivity contribution in [2.75, 3.05) is 6.26 Å². The fourth-order valence-corrected chi connectivity index (χ4v) is 1.82. The smallest absolute Gasteiger partial charge is 0.217 e. The third-order valence-corrected chi connectivity index (χ3v) is 3.00. The topological polar surface area (TPSA) is 60.2 Å². The first kappa shape index (κ1) is 13.4. The highest BCUT2D eigenvalue weighted by Crippen LogP contribution is 2.25. The normalized spacial score (nSPS) is 13.7. The van der Waals surface area contributed by atoms with Gasteiger partial charge in [0.05, 0.1) is 0 Å². The van der Waals surface area contributed by atoms with Crippen molar-refractivity contribution < 1.29 is 9.72 Å². The van der Waals surface area contributed by atoms with E-state index >= 15 is 0 Å². The van der Waals surface area contributed by atoms with Gasteiger partial charge in [0.15, 0.2) is 5.12 Å². The predicted molar refractivity (Wildman–Crippen MR) is 58.0 cm³/mol. The summed E-state index contributed by atoms with van der Waals surface area (Å²) in [6, 6.07) is 0. The first-order chi connectivity index (χ1) is 6.35. The van der Waals surface area contributed by atoms with E-state index < -0.39 is 5.54 Å². The lowest BCUT2D eigenvalue weighted by molar-refractivity contribution is -0.562. The molecule has 0 rings (SSSR count). The van der Waals surface area contributed by atoms with E-state index in [4.69, 9.17) is 0 Å². The van der Waals surface area contributed by atoms with Gasteiger partial charge in [0.25, 0.3) is 0 Å². The molecule has 1 atom stereocenters. The Morgan fingerprint density at radius 1 is 1.57 bits per heavy atom. The Labute approximate surface area is 88.6 Å². The van der Waals surface area contributed by atoms with Crippen LogP contribution in [-0.4, -0.2) is 21.8 Å². The maximum absolute atomic E-state index is 11.4. The van der Waals surface area contributed by atoms with Gasteiger partial charge in [0.1, 0.15) is 0 Å². The first-order valence-corrected chi connectivity index (χ1v) is 5.80. The van der Waals surface area contributed by atoms with Crippen molar-refractivity contribution in [3.05, 3.63) is 10.1 Å². The van der Waals surface area contributed by atoms with Gasteiger partial charge in [-0.05, 0) is 12.7 Å². The zero-order valence-electron chi connectivity index (χ0n) is 9.07. The second kappa shape index (κ2) is 5.34. The van der Waals surface area contributed by atoms with E-state index in [1.54, 1.807) is 20.1 Å². The second-order valence-electron chi connectivity index (χ2n) is 3.90. The summed E-state index contributed by atoms with van der Waals surface area (Å²) < 4.78 is 0. The van der Waals surface area contributed by atoms with Crippen LogP contribution < -0.4 is 0 Å². The molecule has 0 aliphatic carbocycles. The lowest BCUT2D eigenvalue weighted by Gasteiger charge is -2.20. The standard InChI is InChI=1S/C9H17NO3S/c1-5-7(8(11)14-4)6-9(2,3)10(12)13/h7H,5-6H2,1-4H3. The molecule has 0 fully saturated rings. The van der Waals surface area contributed by atoms with Crippen LogP contribution in [0.4, 0.5) is 0 Å². The molecule has 0 N–H and O–H groups in total. The molecule has 0 bridgehead atoms. The molecule has 0 saturated heterocycles. The maximum atomic E-state index is 11.4. The number of thioether (sulfide) groups is 1. The van der Waals surface area contributed by atoms with Crippen LogP contribution in [0.2, 0.25) is 0 Å². The van der Waals surface area contributed by atoms with E-state index in [1.807, 2.05) is 6.92 Å². The molecule has 5 heteroatoms. The Morgan fingerprint density at radius 3 is 2.36 bits per heavy atom. The number of carbonyl (C=O) groups excluding carboxylic acids is 1. The highest BCUT2D eigenvalue weighted by Gasteiger charge is 2.35. The molecule has 0 heterocycles. The van der Waals surface area contributed by atoms with Gasteiger partial charge >= 0.3 is 0 Å². The Bertz CT molecular complexity index is 228. The fraction of sp³-hybridized carbons (Fsp3) is 0.889. The van der Waals surface area contributed by atoms with E-state index in [0.29, 0.717) is 12.8 Å². The summed E-state index contributed by atoms with van der Waals surface area (Å²) in [7, 11) is 0. The van der Waals surface area contributed by atoms with Crippen LogP contribution >= 0.6 is 11.8 Å². The van der Waals surface area contributed by atoms with Gasteiger partial charge in [-0.3, -0.25) is 14.9 Å². The molecule has 0 aliphatic heterocycles. The summed E-state index contributed by atoms with van der Waals surface area (Å²) in [6.07, 6.45) is 2.69. The Hall–Kier alpha value is -0.580. The molecule has 0 spiro atoms. The minimum atomic E-state index is -1.01. The molecule has 0 aromatic rings. The maximum Gasteiger partial charge on any atom is 0.217 e. The van der Waals surface area contributed by atoms with Crippen molar-refractivity contribution in [2.24, 2.45) is 5.92 Å². The number of carbonyl (C=O) groups is 1. The number of hydrogen-bond donors (Lipinski definition) is 0. The van der Waals surface area contributed by atoms with Crippen LogP contribution in [0.15, 0.2) is 0 Å².